The Morgan fingerprint density at radius 2 is 2.18 bits per heavy atom. The normalized spacial score (nSPS) is 18.0. The summed E-state index contributed by atoms with van der Waals surface area (Å²) < 4.78 is 9.56. The molecule has 5 rings (SSSR count). The fourth-order valence-electron chi connectivity index (χ4n) is 4.60. The van der Waals surface area contributed by atoms with E-state index in [4.69, 9.17) is 11.2 Å². The molecule has 174 valence electrons. The highest BCUT2D eigenvalue weighted by molar-refractivity contribution is 7.12. The van der Waals surface area contributed by atoms with Gasteiger partial charge in [0.05, 0.1) is 24.2 Å². The van der Waals surface area contributed by atoms with Crippen LogP contribution in [0.15, 0.2) is 53.2 Å². The van der Waals surface area contributed by atoms with Crippen molar-refractivity contribution in [1.29, 1.82) is 0 Å². The summed E-state index contributed by atoms with van der Waals surface area (Å²) in [5.74, 6) is 3.40. The highest BCUT2D eigenvalue weighted by atomic mass is 32.1. The molecule has 4 heterocycles. The summed E-state index contributed by atoms with van der Waals surface area (Å²) in [6.45, 7) is 2.03. The fraction of sp³-hybridized carbons (Fsp3) is 0.320. The van der Waals surface area contributed by atoms with E-state index >= 15 is 0 Å². The van der Waals surface area contributed by atoms with Crippen LogP contribution in [0, 0.1) is 12.3 Å². The Kier molecular flexibility index (Phi) is 6.20. The lowest BCUT2D eigenvalue weighted by molar-refractivity contribution is 0.0996. The van der Waals surface area contributed by atoms with Gasteiger partial charge in [0.1, 0.15) is 5.82 Å². The standard InChI is InChI=1S/C25H26N6O2S/c1-4-9-29-10-7-27-23(29)12-17-14-31(25-28-8-11-34-25)21-13-18(5-6-19(21)24(17)32)30-15-20(26-2)22(16-30)33-3/h1,5-8,10-11,13-14,20,22,26H,9,12,15-16H2,2-3H3/t20-,22-/m0/s1. The predicted molar refractivity (Wildman–Crippen MR) is 135 cm³/mol. The highest BCUT2D eigenvalue weighted by Gasteiger charge is 2.32. The van der Waals surface area contributed by atoms with Gasteiger partial charge >= 0.3 is 0 Å². The van der Waals surface area contributed by atoms with E-state index in [-0.39, 0.29) is 17.6 Å². The molecule has 8 nitrogen and oxygen atoms in total. The number of hydrogen-bond acceptors (Lipinski definition) is 7. The van der Waals surface area contributed by atoms with E-state index in [2.05, 4.69) is 32.2 Å². The number of likely N-dealkylation sites (N-methyl/N-ethyl adjacent to an activating group) is 1. The summed E-state index contributed by atoms with van der Waals surface area (Å²) in [7, 11) is 3.70. The molecule has 9 heteroatoms. The van der Waals surface area contributed by atoms with Gasteiger partial charge in [0.2, 0.25) is 0 Å². The van der Waals surface area contributed by atoms with Gasteiger partial charge in [-0.15, -0.1) is 17.8 Å². The number of thiazole rings is 1. The zero-order valence-corrected chi connectivity index (χ0v) is 20.0. The second kappa shape index (κ2) is 9.43. The molecule has 1 N–H and O–H groups in total. The summed E-state index contributed by atoms with van der Waals surface area (Å²) >= 11 is 1.53. The SMILES string of the molecule is C#CCn1ccnc1Cc1cn(-c2nccs2)c2cc(N3C[C@H](NC)[C@@H](OC)C3)ccc2c1=O. The molecular weight excluding hydrogens is 448 g/mol. The summed E-state index contributed by atoms with van der Waals surface area (Å²) in [5.41, 5.74) is 2.52. The van der Waals surface area contributed by atoms with Gasteiger partial charge in [-0.05, 0) is 25.2 Å². The van der Waals surface area contributed by atoms with Gasteiger partial charge in [0.15, 0.2) is 10.6 Å². The van der Waals surface area contributed by atoms with E-state index in [1.165, 1.54) is 11.3 Å². The summed E-state index contributed by atoms with van der Waals surface area (Å²) in [4.78, 5) is 24.8. The second-order valence-corrected chi connectivity index (χ2v) is 9.17. The first kappa shape index (κ1) is 22.3. The summed E-state index contributed by atoms with van der Waals surface area (Å²) in [6.07, 6.45) is 13.2. The van der Waals surface area contributed by atoms with E-state index in [0.717, 1.165) is 35.2 Å². The van der Waals surface area contributed by atoms with Crippen LogP contribution >= 0.6 is 11.3 Å². The van der Waals surface area contributed by atoms with Crippen LogP contribution in [0.2, 0.25) is 0 Å². The molecule has 1 aliphatic heterocycles. The Bertz CT molecular complexity index is 1390. The minimum Gasteiger partial charge on any atom is -0.378 e. The lowest BCUT2D eigenvalue weighted by atomic mass is 10.1. The first-order valence-corrected chi connectivity index (χ1v) is 12.0. The van der Waals surface area contributed by atoms with Crippen LogP contribution in [0.1, 0.15) is 11.4 Å². The lowest BCUT2D eigenvalue weighted by Crippen LogP contribution is -2.37. The van der Waals surface area contributed by atoms with Gasteiger partial charge in [0, 0.05) is 73.4 Å². The quantitative estimate of drug-likeness (QED) is 0.414. The van der Waals surface area contributed by atoms with Gasteiger partial charge in [-0.3, -0.25) is 9.36 Å². The molecule has 2 atom stereocenters. The van der Waals surface area contributed by atoms with Crippen molar-refractivity contribution in [1.82, 2.24) is 24.4 Å². The van der Waals surface area contributed by atoms with Gasteiger partial charge < -0.3 is 19.5 Å². The van der Waals surface area contributed by atoms with Gasteiger partial charge in [-0.2, -0.15) is 0 Å². The zero-order valence-electron chi connectivity index (χ0n) is 19.1. The van der Waals surface area contributed by atoms with Crippen LogP contribution < -0.4 is 15.6 Å². The molecule has 0 amide bonds. The van der Waals surface area contributed by atoms with Crippen LogP contribution in [-0.2, 0) is 17.7 Å². The number of nitrogens with one attached hydrogen (secondary N) is 1. The summed E-state index contributed by atoms with van der Waals surface area (Å²) in [5, 5.41) is 6.73. The number of terminal acetylenes is 1. The topological polar surface area (TPSA) is 77.2 Å². The first-order chi connectivity index (χ1) is 16.6. The maximum absolute atomic E-state index is 13.5. The number of aromatic nitrogens is 4. The molecule has 0 saturated carbocycles. The third kappa shape index (κ3) is 4.01. The number of nitrogens with zero attached hydrogens (tertiary/aromatic N) is 5. The van der Waals surface area contributed by atoms with Crippen LogP contribution in [-0.4, -0.2) is 58.5 Å². The van der Waals surface area contributed by atoms with Crippen molar-refractivity contribution in [2.45, 2.75) is 25.1 Å². The van der Waals surface area contributed by atoms with Crippen molar-refractivity contribution >= 4 is 27.9 Å². The second-order valence-electron chi connectivity index (χ2n) is 8.30. The number of rotatable bonds is 7. The summed E-state index contributed by atoms with van der Waals surface area (Å²) in [6, 6.07) is 6.26. The zero-order chi connectivity index (χ0) is 23.7. The number of imidazole rings is 1. The van der Waals surface area contributed by atoms with Crippen molar-refractivity contribution in [2.75, 3.05) is 32.1 Å². The van der Waals surface area contributed by atoms with E-state index < -0.39 is 0 Å². The van der Waals surface area contributed by atoms with E-state index in [0.29, 0.717) is 23.9 Å². The molecule has 0 spiro atoms. The molecule has 1 aliphatic rings. The number of hydrogen-bond donors (Lipinski definition) is 1. The number of fused-ring (bicyclic) bond motifs is 1. The molecular formula is C25H26N6O2S. The molecule has 1 saturated heterocycles. The van der Waals surface area contributed by atoms with Crippen molar-refractivity contribution in [3.8, 4) is 17.5 Å². The third-order valence-electron chi connectivity index (χ3n) is 6.40. The maximum atomic E-state index is 13.5. The molecule has 0 bridgehead atoms. The average Bonchev–Trinajstić information content (AvgIpc) is 3.62. The monoisotopic (exact) mass is 474 g/mol. The molecule has 1 fully saturated rings. The molecule has 0 unspecified atom stereocenters. The Labute approximate surface area is 201 Å². The first-order valence-electron chi connectivity index (χ1n) is 11.1. The van der Waals surface area contributed by atoms with Gasteiger partial charge in [0.25, 0.3) is 0 Å². The van der Waals surface area contributed by atoms with E-state index in [1.54, 1.807) is 19.5 Å². The van der Waals surface area contributed by atoms with Gasteiger partial charge in [-0.25, -0.2) is 9.97 Å². The molecule has 4 aromatic rings. The fourth-order valence-corrected chi connectivity index (χ4v) is 5.23. The van der Waals surface area contributed by atoms with Crippen LogP contribution in [0.25, 0.3) is 16.0 Å². The number of pyridine rings is 1. The number of benzene rings is 1. The molecule has 34 heavy (non-hydrogen) atoms. The minimum absolute atomic E-state index is 0.00564. The van der Waals surface area contributed by atoms with E-state index in [1.807, 2.05) is 46.1 Å². The maximum Gasteiger partial charge on any atom is 0.193 e. The smallest absolute Gasteiger partial charge is 0.193 e. The third-order valence-corrected chi connectivity index (χ3v) is 7.17. The van der Waals surface area contributed by atoms with Crippen molar-refractivity contribution in [3.63, 3.8) is 0 Å². The Morgan fingerprint density at radius 3 is 2.88 bits per heavy atom. The average molecular weight is 475 g/mol. The van der Waals surface area contributed by atoms with Crippen molar-refractivity contribution < 1.29 is 4.74 Å². The lowest BCUT2D eigenvalue weighted by Gasteiger charge is -2.20. The Balaban J connectivity index is 1.60. The molecule has 3 aromatic heterocycles. The van der Waals surface area contributed by atoms with E-state index in [9.17, 15) is 4.79 Å². The number of anilines is 1. The Hall–Kier alpha value is -3.45. The Morgan fingerprint density at radius 1 is 1.29 bits per heavy atom. The van der Waals surface area contributed by atoms with Crippen LogP contribution in [0.5, 0.6) is 0 Å². The molecule has 1 aromatic carbocycles. The van der Waals surface area contributed by atoms with Crippen LogP contribution in [0.3, 0.4) is 0 Å². The predicted octanol–water partition coefficient (Wildman–Crippen LogP) is 2.29. The minimum atomic E-state index is -0.00564. The molecule has 0 aliphatic carbocycles. The van der Waals surface area contributed by atoms with Crippen LogP contribution in [0.4, 0.5) is 5.69 Å². The van der Waals surface area contributed by atoms with Crippen molar-refractivity contribution in [2.24, 2.45) is 0 Å². The largest absolute Gasteiger partial charge is 0.378 e. The van der Waals surface area contributed by atoms with Crippen molar-refractivity contribution in [3.05, 3.63) is 70.0 Å². The number of ether oxygens (including phenoxy) is 1. The van der Waals surface area contributed by atoms with Gasteiger partial charge in [-0.1, -0.05) is 5.92 Å². The highest BCUT2D eigenvalue weighted by Crippen LogP contribution is 2.28. The molecule has 0 radical (unpaired) electrons. The number of methoxy groups -OCH3 is 1.